The molecule has 0 aliphatic heterocycles. The molecule has 0 spiro atoms. The number of nitrogens with one attached hydrogen (secondary N) is 1. The third-order valence-corrected chi connectivity index (χ3v) is 3.27. The zero-order chi connectivity index (χ0) is 14.0. The first-order valence-corrected chi connectivity index (χ1v) is 6.02. The van der Waals surface area contributed by atoms with E-state index in [-0.39, 0.29) is 10.7 Å². The van der Waals surface area contributed by atoms with Crippen LogP contribution in [-0.4, -0.2) is 14.7 Å². The van der Waals surface area contributed by atoms with Crippen molar-refractivity contribution >= 4 is 23.0 Å². The molecule has 7 heteroatoms. The Kier molecular flexibility index (Phi) is 3.71. The second-order valence-corrected chi connectivity index (χ2v) is 4.56. The molecule has 19 heavy (non-hydrogen) atoms. The van der Waals surface area contributed by atoms with E-state index in [0.29, 0.717) is 6.54 Å². The van der Waals surface area contributed by atoms with Gasteiger partial charge < -0.3 is 5.32 Å². The molecule has 0 aliphatic carbocycles. The molecule has 0 aliphatic rings. The van der Waals surface area contributed by atoms with E-state index in [1.165, 1.54) is 6.07 Å². The van der Waals surface area contributed by atoms with Crippen molar-refractivity contribution in [3.63, 3.8) is 0 Å². The molecular weight excluding hydrogens is 268 g/mol. The van der Waals surface area contributed by atoms with Crippen LogP contribution in [0.5, 0.6) is 0 Å². The summed E-state index contributed by atoms with van der Waals surface area (Å²) in [5, 5.41) is 18.1. The summed E-state index contributed by atoms with van der Waals surface area (Å²) in [5.74, 6) is 0. The zero-order valence-corrected chi connectivity index (χ0v) is 11.3. The van der Waals surface area contributed by atoms with Gasteiger partial charge in [0.25, 0.3) is 5.69 Å². The van der Waals surface area contributed by atoms with E-state index in [1.54, 1.807) is 23.0 Å². The first-order valence-electron chi connectivity index (χ1n) is 5.64. The molecule has 0 atom stereocenters. The Morgan fingerprint density at radius 1 is 1.53 bits per heavy atom. The molecule has 1 aromatic carbocycles. The second-order valence-electron chi connectivity index (χ2n) is 4.16. The summed E-state index contributed by atoms with van der Waals surface area (Å²) in [6.07, 6.45) is 1.79. The highest BCUT2D eigenvalue weighted by atomic mass is 35.5. The number of rotatable bonds is 4. The molecule has 6 nitrogen and oxygen atoms in total. The van der Waals surface area contributed by atoms with Gasteiger partial charge in [0, 0.05) is 36.6 Å². The van der Waals surface area contributed by atoms with Gasteiger partial charge in [0.05, 0.1) is 11.1 Å². The molecule has 0 fully saturated rings. The second kappa shape index (κ2) is 5.27. The third-order valence-electron chi connectivity index (χ3n) is 2.96. The third kappa shape index (κ3) is 2.85. The van der Waals surface area contributed by atoms with E-state index >= 15 is 0 Å². The molecule has 2 aromatic rings. The number of benzene rings is 1. The Morgan fingerprint density at radius 3 is 2.79 bits per heavy atom. The fourth-order valence-electron chi connectivity index (χ4n) is 1.68. The SMILES string of the molecule is Cc1c(CNc2ccc([N+](=O)[O-])c(Cl)c2)cnn1C. The molecule has 0 amide bonds. The predicted molar refractivity (Wildman–Crippen MR) is 73.4 cm³/mol. The van der Waals surface area contributed by atoms with Gasteiger partial charge in [0.2, 0.25) is 0 Å². The van der Waals surface area contributed by atoms with Crippen LogP contribution in [0.2, 0.25) is 5.02 Å². The van der Waals surface area contributed by atoms with Gasteiger partial charge in [-0.3, -0.25) is 14.8 Å². The Labute approximate surface area is 115 Å². The predicted octanol–water partition coefficient (Wildman–Crippen LogP) is 2.90. The summed E-state index contributed by atoms with van der Waals surface area (Å²) in [6, 6.07) is 4.57. The van der Waals surface area contributed by atoms with Crippen LogP contribution in [0.3, 0.4) is 0 Å². The maximum absolute atomic E-state index is 10.6. The summed E-state index contributed by atoms with van der Waals surface area (Å²) < 4.78 is 1.79. The number of aromatic nitrogens is 2. The first-order chi connectivity index (χ1) is 8.99. The van der Waals surface area contributed by atoms with Crippen LogP contribution in [0.4, 0.5) is 11.4 Å². The first kappa shape index (κ1) is 13.4. The Bertz CT molecular complexity index is 624. The Balaban J connectivity index is 2.10. The number of nitro groups is 1. The summed E-state index contributed by atoms with van der Waals surface area (Å²) >= 11 is 5.84. The number of hydrogen-bond donors (Lipinski definition) is 1. The average Bonchev–Trinajstić information content (AvgIpc) is 2.67. The average molecular weight is 281 g/mol. The van der Waals surface area contributed by atoms with Crippen molar-refractivity contribution in [1.29, 1.82) is 0 Å². The minimum Gasteiger partial charge on any atom is -0.381 e. The van der Waals surface area contributed by atoms with Crippen molar-refractivity contribution in [2.75, 3.05) is 5.32 Å². The van der Waals surface area contributed by atoms with Gasteiger partial charge >= 0.3 is 0 Å². The van der Waals surface area contributed by atoms with E-state index in [0.717, 1.165) is 16.9 Å². The number of halogens is 1. The van der Waals surface area contributed by atoms with Gasteiger partial charge in [0.15, 0.2) is 0 Å². The Hall–Kier alpha value is -2.08. The lowest BCUT2D eigenvalue weighted by molar-refractivity contribution is -0.384. The van der Waals surface area contributed by atoms with Gasteiger partial charge in [-0.15, -0.1) is 0 Å². The summed E-state index contributed by atoms with van der Waals surface area (Å²) in [7, 11) is 1.88. The molecule has 0 radical (unpaired) electrons. The molecule has 0 bridgehead atoms. The molecule has 1 aromatic heterocycles. The van der Waals surface area contributed by atoms with Crippen LogP contribution < -0.4 is 5.32 Å². The topological polar surface area (TPSA) is 73.0 Å². The molecule has 1 heterocycles. The highest BCUT2D eigenvalue weighted by Gasteiger charge is 2.12. The lowest BCUT2D eigenvalue weighted by Crippen LogP contribution is -2.01. The molecular formula is C12H13ClN4O2. The van der Waals surface area contributed by atoms with Gasteiger partial charge in [0.1, 0.15) is 5.02 Å². The van der Waals surface area contributed by atoms with Crippen molar-refractivity contribution in [3.8, 4) is 0 Å². The standard InChI is InChI=1S/C12H13ClN4O2/c1-8-9(7-15-16(8)2)6-14-10-3-4-12(17(18)19)11(13)5-10/h3-5,7,14H,6H2,1-2H3. The lowest BCUT2D eigenvalue weighted by atomic mass is 10.2. The number of nitro benzene ring substituents is 1. The van der Waals surface area contributed by atoms with Crippen LogP contribution in [-0.2, 0) is 13.6 Å². The van der Waals surface area contributed by atoms with Crippen LogP contribution in [0, 0.1) is 17.0 Å². The highest BCUT2D eigenvalue weighted by Crippen LogP contribution is 2.27. The van der Waals surface area contributed by atoms with Crippen molar-refractivity contribution in [1.82, 2.24) is 9.78 Å². The number of aryl methyl sites for hydroxylation is 1. The van der Waals surface area contributed by atoms with Crippen LogP contribution in [0.15, 0.2) is 24.4 Å². The molecule has 0 saturated heterocycles. The van der Waals surface area contributed by atoms with E-state index in [4.69, 9.17) is 11.6 Å². The van der Waals surface area contributed by atoms with E-state index in [2.05, 4.69) is 10.4 Å². The number of nitrogens with zero attached hydrogens (tertiary/aromatic N) is 3. The fourth-order valence-corrected chi connectivity index (χ4v) is 1.93. The molecule has 100 valence electrons. The maximum atomic E-state index is 10.6. The smallest absolute Gasteiger partial charge is 0.288 e. The number of anilines is 1. The number of hydrogen-bond acceptors (Lipinski definition) is 4. The maximum Gasteiger partial charge on any atom is 0.288 e. The van der Waals surface area contributed by atoms with Crippen molar-refractivity contribution < 1.29 is 4.92 Å². The quantitative estimate of drug-likeness (QED) is 0.690. The van der Waals surface area contributed by atoms with Gasteiger partial charge in [-0.2, -0.15) is 5.10 Å². The summed E-state index contributed by atoms with van der Waals surface area (Å²) in [4.78, 5) is 10.1. The van der Waals surface area contributed by atoms with E-state index < -0.39 is 4.92 Å². The molecule has 0 unspecified atom stereocenters. The lowest BCUT2D eigenvalue weighted by Gasteiger charge is -2.06. The Morgan fingerprint density at radius 2 is 2.26 bits per heavy atom. The van der Waals surface area contributed by atoms with Crippen LogP contribution in [0.1, 0.15) is 11.3 Å². The van der Waals surface area contributed by atoms with Crippen molar-refractivity contribution in [2.45, 2.75) is 13.5 Å². The minimum atomic E-state index is -0.503. The van der Waals surface area contributed by atoms with Gasteiger partial charge in [-0.05, 0) is 19.1 Å². The van der Waals surface area contributed by atoms with Gasteiger partial charge in [-0.1, -0.05) is 11.6 Å². The molecule has 0 saturated carbocycles. The molecule has 1 N–H and O–H groups in total. The van der Waals surface area contributed by atoms with Crippen LogP contribution in [0.25, 0.3) is 0 Å². The largest absolute Gasteiger partial charge is 0.381 e. The van der Waals surface area contributed by atoms with Crippen LogP contribution >= 0.6 is 11.6 Å². The van der Waals surface area contributed by atoms with E-state index in [1.807, 2.05) is 14.0 Å². The summed E-state index contributed by atoms with van der Waals surface area (Å²) in [6.45, 7) is 2.57. The van der Waals surface area contributed by atoms with Crippen molar-refractivity contribution in [2.24, 2.45) is 7.05 Å². The normalized spacial score (nSPS) is 10.5. The minimum absolute atomic E-state index is 0.0928. The van der Waals surface area contributed by atoms with Gasteiger partial charge in [-0.25, -0.2) is 0 Å². The summed E-state index contributed by atoms with van der Waals surface area (Å²) in [5.41, 5.74) is 2.78. The zero-order valence-electron chi connectivity index (χ0n) is 10.6. The fraction of sp³-hybridized carbons (Fsp3) is 0.250. The highest BCUT2D eigenvalue weighted by molar-refractivity contribution is 6.32. The molecule has 2 rings (SSSR count). The monoisotopic (exact) mass is 280 g/mol. The van der Waals surface area contributed by atoms with E-state index in [9.17, 15) is 10.1 Å². The van der Waals surface area contributed by atoms with Crippen molar-refractivity contribution in [3.05, 3.63) is 50.8 Å².